The molecule has 2 amide bonds. The Morgan fingerprint density at radius 2 is 1.60 bits per heavy atom. The number of esters is 2. The van der Waals surface area contributed by atoms with Crippen molar-refractivity contribution >= 4 is 35.5 Å². The molecule has 0 saturated carbocycles. The number of fused-ring (bicyclic) bond motifs is 1. The van der Waals surface area contributed by atoms with Crippen LogP contribution >= 0.6 is 11.8 Å². The van der Waals surface area contributed by atoms with Crippen molar-refractivity contribution in [2.24, 2.45) is 0 Å². The predicted octanol–water partition coefficient (Wildman–Crippen LogP) is 0.985. The number of aliphatic hydroxyl groups is 1. The van der Waals surface area contributed by atoms with Gasteiger partial charge in [0.2, 0.25) is 0 Å². The summed E-state index contributed by atoms with van der Waals surface area (Å²) in [4.78, 5) is 50.8. The molecule has 1 saturated heterocycles. The van der Waals surface area contributed by atoms with Crippen LogP contribution in [0.25, 0.3) is 0 Å². The molecule has 9 nitrogen and oxygen atoms in total. The predicted molar refractivity (Wildman–Crippen MR) is 106 cm³/mol. The van der Waals surface area contributed by atoms with Crippen LogP contribution in [0.3, 0.4) is 0 Å². The lowest BCUT2D eigenvalue weighted by Gasteiger charge is -2.47. The second kappa shape index (κ2) is 9.15. The lowest BCUT2D eigenvalue weighted by atomic mass is 9.96. The number of rotatable bonds is 6. The fraction of sp³-hybridized carbons (Fsp3) is 0.500. The largest absolute Gasteiger partial charge is 0.456 e. The highest BCUT2D eigenvalue weighted by Gasteiger charge is 2.56. The summed E-state index contributed by atoms with van der Waals surface area (Å²) in [6, 6.07) is 5.33. The molecular weight excluding hydrogens is 414 g/mol. The molecule has 1 fully saturated rings. The van der Waals surface area contributed by atoms with Gasteiger partial charge in [-0.1, -0.05) is 19.1 Å². The van der Waals surface area contributed by atoms with Gasteiger partial charge in [-0.3, -0.25) is 24.1 Å². The maximum atomic E-state index is 13.1. The van der Waals surface area contributed by atoms with Crippen LogP contribution in [0, 0.1) is 0 Å². The second-order valence-electron chi connectivity index (χ2n) is 6.85. The highest BCUT2D eigenvalue weighted by atomic mass is 32.2. The molecule has 3 rings (SSSR count). The maximum Gasteiger partial charge on any atom is 0.303 e. The van der Waals surface area contributed by atoms with E-state index in [9.17, 15) is 24.3 Å². The molecule has 0 spiro atoms. The zero-order valence-electron chi connectivity index (χ0n) is 16.8. The van der Waals surface area contributed by atoms with Crippen LogP contribution in [0.15, 0.2) is 24.3 Å². The van der Waals surface area contributed by atoms with E-state index in [1.54, 1.807) is 24.3 Å². The van der Waals surface area contributed by atoms with Gasteiger partial charge in [-0.05, 0) is 17.9 Å². The van der Waals surface area contributed by atoms with E-state index in [4.69, 9.17) is 14.2 Å². The Morgan fingerprint density at radius 1 is 1.07 bits per heavy atom. The number of hydrogen-bond donors (Lipinski definition) is 1. The Bertz CT molecular complexity index is 824. The molecule has 10 heteroatoms. The van der Waals surface area contributed by atoms with Crippen molar-refractivity contribution in [3.63, 3.8) is 0 Å². The first-order valence-electron chi connectivity index (χ1n) is 9.49. The van der Waals surface area contributed by atoms with Gasteiger partial charge < -0.3 is 19.3 Å². The van der Waals surface area contributed by atoms with Crippen LogP contribution in [-0.4, -0.2) is 75.9 Å². The first-order chi connectivity index (χ1) is 14.3. The zero-order valence-corrected chi connectivity index (χ0v) is 17.6. The first kappa shape index (κ1) is 22.3. The quantitative estimate of drug-likeness (QED) is 0.513. The number of thioether (sulfide) groups is 1. The molecule has 162 valence electrons. The summed E-state index contributed by atoms with van der Waals surface area (Å²) in [5.41, 5.74) is -0.333. The number of ether oxygens (including phenoxy) is 3. The van der Waals surface area contributed by atoms with Crippen molar-refractivity contribution in [3.05, 3.63) is 35.4 Å². The van der Waals surface area contributed by atoms with Gasteiger partial charge in [0, 0.05) is 13.8 Å². The molecule has 2 aliphatic rings. The Kier molecular flexibility index (Phi) is 6.79. The minimum Gasteiger partial charge on any atom is -0.456 e. The Balaban J connectivity index is 2.08. The van der Waals surface area contributed by atoms with Crippen LogP contribution in [0.1, 0.15) is 41.5 Å². The molecular formula is C20H23NO8S. The topological polar surface area (TPSA) is 119 Å². The van der Waals surface area contributed by atoms with E-state index < -0.39 is 60.1 Å². The van der Waals surface area contributed by atoms with E-state index in [1.807, 2.05) is 6.92 Å². The van der Waals surface area contributed by atoms with Gasteiger partial charge >= 0.3 is 11.9 Å². The van der Waals surface area contributed by atoms with Crippen LogP contribution in [-0.2, 0) is 23.8 Å². The zero-order chi connectivity index (χ0) is 22.0. The lowest BCUT2D eigenvalue weighted by molar-refractivity contribution is -0.214. The smallest absolute Gasteiger partial charge is 0.303 e. The monoisotopic (exact) mass is 437 g/mol. The summed E-state index contributed by atoms with van der Waals surface area (Å²) in [7, 11) is 0. The number of hydrogen-bond acceptors (Lipinski definition) is 9. The number of aliphatic hydroxyl groups excluding tert-OH is 1. The average Bonchev–Trinajstić information content (AvgIpc) is 2.94. The Hall–Kier alpha value is -2.43. The van der Waals surface area contributed by atoms with Crippen LogP contribution in [0.4, 0.5) is 0 Å². The van der Waals surface area contributed by atoms with Crippen LogP contribution in [0.5, 0.6) is 0 Å². The summed E-state index contributed by atoms with van der Waals surface area (Å²) in [6.07, 6.45) is -3.39. The minimum atomic E-state index is -1.21. The van der Waals surface area contributed by atoms with E-state index >= 15 is 0 Å². The third kappa shape index (κ3) is 4.07. The average molecular weight is 437 g/mol. The van der Waals surface area contributed by atoms with E-state index in [-0.39, 0.29) is 11.1 Å². The number of carbonyl (C=O) groups is 4. The van der Waals surface area contributed by atoms with E-state index in [2.05, 4.69) is 0 Å². The minimum absolute atomic E-state index is 0.234. The van der Waals surface area contributed by atoms with Gasteiger partial charge in [0.25, 0.3) is 11.8 Å². The second-order valence-corrected chi connectivity index (χ2v) is 8.22. The normalized spacial score (nSPS) is 28.3. The SMILES string of the molecule is CCS[C@@H]1O[C@H](CO)[C@@H](OC(C)=O)[C@H](OC(C)=O)[C@H]1N1C(=O)c2ccccc2C1=O. The highest BCUT2D eigenvalue weighted by Crippen LogP contribution is 2.38. The van der Waals surface area contributed by atoms with Crippen molar-refractivity contribution in [3.8, 4) is 0 Å². The van der Waals surface area contributed by atoms with Crippen LogP contribution < -0.4 is 0 Å². The molecule has 1 aromatic rings. The summed E-state index contributed by atoms with van der Waals surface area (Å²) in [6.45, 7) is 3.70. The van der Waals surface area contributed by atoms with E-state index in [0.717, 1.165) is 4.90 Å². The van der Waals surface area contributed by atoms with Gasteiger partial charge in [-0.2, -0.15) is 0 Å². The molecule has 0 aromatic heterocycles. The number of carbonyl (C=O) groups excluding carboxylic acids is 4. The lowest BCUT2D eigenvalue weighted by Crippen LogP contribution is -2.66. The Morgan fingerprint density at radius 3 is 2.07 bits per heavy atom. The third-order valence-electron chi connectivity index (χ3n) is 4.85. The fourth-order valence-corrected chi connectivity index (χ4v) is 4.77. The molecule has 0 bridgehead atoms. The number of nitrogens with zero attached hydrogens (tertiary/aromatic N) is 1. The number of imide groups is 1. The van der Waals surface area contributed by atoms with Gasteiger partial charge in [0.05, 0.1) is 17.7 Å². The van der Waals surface area contributed by atoms with E-state index in [0.29, 0.717) is 5.75 Å². The Labute approximate surface area is 177 Å². The number of benzene rings is 1. The molecule has 5 atom stereocenters. The van der Waals surface area contributed by atoms with Gasteiger partial charge in [-0.15, -0.1) is 11.8 Å². The standard InChI is InChI=1S/C20H23NO8S/c1-4-30-20-15(21-18(25)12-7-5-6-8-13(12)19(21)26)17(28-11(3)24)16(27-10(2)23)14(9-22)29-20/h5-8,14-17,20,22H,4,9H2,1-3H3/t14-,15-,16-,17-,20+/m1/s1. The van der Waals surface area contributed by atoms with Crippen molar-refractivity contribution in [1.82, 2.24) is 4.90 Å². The molecule has 2 heterocycles. The van der Waals surface area contributed by atoms with Crippen molar-refractivity contribution in [2.45, 2.75) is 50.6 Å². The highest BCUT2D eigenvalue weighted by molar-refractivity contribution is 7.99. The van der Waals surface area contributed by atoms with Gasteiger partial charge in [-0.25, -0.2) is 0 Å². The molecule has 1 N–H and O–H groups in total. The third-order valence-corrected chi connectivity index (χ3v) is 5.91. The summed E-state index contributed by atoms with van der Waals surface area (Å²) in [5, 5.41) is 9.80. The van der Waals surface area contributed by atoms with Crippen molar-refractivity contribution in [2.75, 3.05) is 12.4 Å². The molecule has 0 aliphatic carbocycles. The van der Waals surface area contributed by atoms with E-state index in [1.165, 1.54) is 25.6 Å². The summed E-state index contributed by atoms with van der Waals surface area (Å²) >= 11 is 1.29. The maximum absolute atomic E-state index is 13.1. The first-order valence-corrected chi connectivity index (χ1v) is 10.5. The summed E-state index contributed by atoms with van der Waals surface area (Å²) < 4.78 is 16.7. The molecule has 30 heavy (non-hydrogen) atoms. The van der Waals surface area contributed by atoms with Crippen molar-refractivity contribution in [1.29, 1.82) is 0 Å². The van der Waals surface area contributed by atoms with Crippen molar-refractivity contribution < 1.29 is 38.5 Å². The molecule has 0 unspecified atom stereocenters. The molecule has 2 aliphatic heterocycles. The molecule has 1 aromatic carbocycles. The van der Waals surface area contributed by atoms with Gasteiger partial charge in [0.15, 0.2) is 12.2 Å². The fourth-order valence-electron chi connectivity index (χ4n) is 3.75. The summed E-state index contributed by atoms with van der Waals surface area (Å²) in [5.74, 6) is -1.90. The number of amides is 2. The molecule has 0 radical (unpaired) electrons. The van der Waals surface area contributed by atoms with Gasteiger partial charge in [0.1, 0.15) is 17.6 Å². The van der Waals surface area contributed by atoms with Crippen LogP contribution in [0.2, 0.25) is 0 Å².